The Labute approximate surface area is 183 Å². The van der Waals surface area contributed by atoms with E-state index < -0.39 is 34.0 Å². The highest BCUT2D eigenvalue weighted by Gasteiger charge is 2.21. The first kappa shape index (κ1) is 23.6. The number of hydrogen-bond acceptors (Lipinski definition) is 3. The van der Waals surface area contributed by atoms with Crippen LogP contribution in [0.2, 0.25) is 0 Å². The average Bonchev–Trinajstić information content (AvgIpc) is 2.68. The van der Waals surface area contributed by atoms with Crippen molar-refractivity contribution in [3.05, 3.63) is 77.9 Å². The molecule has 3 rings (SSSR count). The Balaban J connectivity index is 1.98. The van der Waals surface area contributed by atoms with Crippen LogP contribution in [0.15, 0.2) is 65.6 Å². The molecule has 0 fully saturated rings. The van der Waals surface area contributed by atoms with Crippen molar-refractivity contribution in [2.45, 2.75) is 37.7 Å². The van der Waals surface area contributed by atoms with Gasteiger partial charge in [0, 0.05) is 6.07 Å². The fourth-order valence-electron chi connectivity index (χ4n) is 3.02. The summed E-state index contributed by atoms with van der Waals surface area (Å²) in [4.78, 5) is -0.0481. The zero-order chi connectivity index (χ0) is 23.7. The summed E-state index contributed by atoms with van der Waals surface area (Å²) in [6, 6.07) is 12.7. The van der Waals surface area contributed by atoms with E-state index in [1.807, 2.05) is 20.8 Å². The molecule has 0 atom stereocenters. The van der Waals surface area contributed by atoms with E-state index in [1.165, 1.54) is 18.2 Å². The highest BCUT2D eigenvalue weighted by atomic mass is 32.2. The smallest absolute Gasteiger partial charge is 0.387 e. The predicted molar refractivity (Wildman–Crippen MR) is 114 cm³/mol. The summed E-state index contributed by atoms with van der Waals surface area (Å²) in [5.74, 6) is -2.12. The zero-order valence-corrected chi connectivity index (χ0v) is 18.3. The number of benzene rings is 3. The maximum absolute atomic E-state index is 14.4. The van der Waals surface area contributed by atoms with Gasteiger partial charge in [-0.2, -0.15) is 8.78 Å². The van der Waals surface area contributed by atoms with Crippen LogP contribution in [-0.2, 0) is 15.4 Å². The minimum absolute atomic E-state index is 0.0481. The molecule has 3 aromatic carbocycles. The highest BCUT2D eigenvalue weighted by Crippen LogP contribution is 2.31. The van der Waals surface area contributed by atoms with Gasteiger partial charge in [0.25, 0.3) is 10.0 Å². The largest absolute Gasteiger partial charge is 0.435 e. The molecule has 0 spiro atoms. The standard InChI is InChI=1S/C23H21F4NO3S/c1-23(2,3)16-5-4-6-19(12-16)32(29,30)28-21-11-14(7-8-20(21)25)15-9-17(24)13-18(10-15)31-22(26)27/h4-13,22,28H,1-3H3. The van der Waals surface area contributed by atoms with Gasteiger partial charge < -0.3 is 4.74 Å². The van der Waals surface area contributed by atoms with Crippen LogP contribution >= 0.6 is 0 Å². The second kappa shape index (κ2) is 8.82. The molecule has 0 aliphatic rings. The molecule has 1 N–H and O–H groups in total. The van der Waals surface area contributed by atoms with Crippen LogP contribution in [0.5, 0.6) is 5.75 Å². The van der Waals surface area contributed by atoms with E-state index in [4.69, 9.17) is 0 Å². The second-order valence-corrected chi connectivity index (χ2v) is 9.81. The molecule has 170 valence electrons. The van der Waals surface area contributed by atoms with Crippen molar-refractivity contribution in [1.29, 1.82) is 0 Å². The van der Waals surface area contributed by atoms with E-state index in [0.717, 1.165) is 35.9 Å². The van der Waals surface area contributed by atoms with Gasteiger partial charge >= 0.3 is 6.61 Å². The first-order valence-corrected chi connectivity index (χ1v) is 11.0. The predicted octanol–water partition coefficient (Wildman–Crippen LogP) is 6.33. The van der Waals surface area contributed by atoms with Crippen molar-refractivity contribution in [1.82, 2.24) is 0 Å². The Kier molecular flexibility index (Phi) is 6.50. The molecule has 0 aliphatic heterocycles. The van der Waals surface area contributed by atoms with Gasteiger partial charge in [-0.3, -0.25) is 4.72 Å². The lowest BCUT2D eigenvalue weighted by Crippen LogP contribution is -2.16. The molecule has 0 aliphatic carbocycles. The van der Waals surface area contributed by atoms with Crippen molar-refractivity contribution in [3.8, 4) is 16.9 Å². The van der Waals surface area contributed by atoms with Crippen LogP contribution < -0.4 is 9.46 Å². The summed E-state index contributed by atoms with van der Waals surface area (Å²) in [7, 11) is -4.14. The summed E-state index contributed by atoms with van der Waals surface area (Å²) in [5.41, 5.74) is 0.415. The Bertz CT molecular complexity index is 1240. The molecule has 0 saturated carbocycles. The summed E-state index contributed by atoms with van der Waals surface area (Å²) in [6.07, 6.45) is 0. The molecule has 4 nitrogen and oxygen atoms in total. The molecule has 0 aromatic heterocycles. The van der Waals surface area contributed by atoms with Crippen molar-refractivity contribution >= 4 is 15.7 Å². The normalized spacial score (nSPS) is 12.1. The summed E-state index contributed by atoms with van der Waals surface area (Å²) >= 11 is 0. The second-order valence-electron chi connectivity index (χ2n) is 8.13. The molecule has 0 amide bonds. The van der Waals surface area contributed by atoms with Crippen LogP contribution in [0, 0.1) is 11.6 Å². The minimum Gasteiger partial charge on any atom is -0.435 e. The molecule has 3 aromatic rings. The average molecular weight is 467 g/mol. The zero-order valence-electron chi connectivity index (χ0n) is 17.5. The topological polar surface area (TPSA) is 55.4 Å². The SMILES string of the molecule is CC(C)(C)c1cccc(S(=O)(=O)Nc2cc(-c3cc(F)cc(OC(F)F)c3)ccc2F)c1. The van der Waals surface area contributed by atoms with E-state index in [1.54, 1.807) is 12.1 Å². The van der Waals surface area contributed by atoms with Gasteiger partial charge in [0.05, 0.1) is 10.6 Å². The quantitative estimate of drug-likeness (QED) is 0.431. The Morgan fingerprint density at radius 3 is 2.28 bits per heavy atom. The van der Waals surface area contributed by atoms with Crippen LogP contribution in [0.4, 0.5) is 23.2 Å². The van der Waals surface area contributed by atoms with Crippen molar-refractivity contribution < 1.29 is 30.7 Å². The fraction of sp³-hybridized carbons (Fsp3) is 0.217. The molecule has 0 saturated heterocycles. The number of sulfonamides is 1. The molecule has 0 bridgehead atoms. The minimum atomic E-state index is -4.14. The lowest BCUT2D eigenvalue weighted by Gasteiger charge is -2.20. The van der Waals surface area contributed by atoms with Gasteiger partial charge in [0.2, 0.25) is 0 Å². The molecule has 0 unspecified atom stereocenters. The molecule has 0 radical (unpaired) electrons. The van der Waals surface area contributed by atoms with E-state index >= 15 is 0 Å². The van der Waals surface area contributed by atoms with Gasteiger partial charge in [-0.1, -0.05) is 39.0 Å². The number of alkyl halides is 2. The lowest BCUT2D eigenvalue weighted by molar-refractivity contribution is -0.0499. The number of halogens is 4. The van der Waals surface area contributed by atoms with Crippen LogP contribution in [0.1, 0.15) is 26.3 Å². The summed E-state index contributed by atoms with van der Waals surface area (Å²) < 4.78 is 85.4. The molecule has 32 heavy (non-hydrogen) atoms. The number of anilines is 1. The van der Waals surface area contributed by atoms with Gasteiger partial charge in [-0.25, -0.2) is 17.2 Å². The Morgan fingerprint density at radius 1 is 0.906 bits per heavy atom. The monoisotopic (exact) mass is 467 g/mol. The Hall–Kier alpha value is -3.07. The van der Waals surface area contributed by atoms with Crippen LogP contribution in [0.25, 0.3) is 11.1 Å². The maximum Gasteiger partial charge on any atom is 0.387 e. The molecule has 0 heterocycles. The van der Waals surface area contributed by atoms with E-state index in [9.17, 15) is 26.0 Å². The number of rotatable bonds is 6. The van der Waals surface area contributed by atoms with Crippen molar-refractivity contribution in [2.75, 3.05) is 4.72 Å². The molecule has 9 heteroatoms. The van der Waals surface area contributed by atoms with E-state index in [2.05, 4.69) is 9.46 Å². The molecular formula is C23H21F4NO3S. The number of hydrogen-bond donors (Lipinski definition) is 1. The van der Waals surface area contributed by atoms with E-state index in [0.29, 0.717) is 0 Å². The number of nitrogens with one attached hydrogen (secondary N) is 1. The first-order valence-electron chi connectivity index (χ1n) is 9.54. The van der Waals surface area contributed by atoms with Gasteiger partial charge in [-0.15, -0.1) is 0 Å². The van der Waals surface area contributed by atoms with E-state index in [-0.39, 0.29) is 27.1 Å². The third-order valence-electron chi connectivity index (χ3n) is 4.65. The third-order valence-corrected chi connectivity index (χ3v) is 6.01. The van der Waals surface area contributed by atoms with Crippen LogP contribution in [-0.4, -0.2) is 15.0 Å². The lowest BCUT2D eigenvalue weighted by atomic mass is 9.87. The van der Waals surface area contributed by atoms with Crippen molar-refractivity contribution in [3.63, 3.8) is 0 Å². The Morgan fingerprint density at radius 2 is 1.62 bits per heavy atom. The fourth-order valence-corrected chi connectivity index (χ4v) is 4.12. The first-order chi connectivity index (χ1) is 14.8. The van der Waals surface area contributed by atoms with Gasteiger partial charge in [0.1, 0.15) is 17.4 Å². The maximum atomic E-state index is 14.4. The highest BCUT2D eigenvalue weighted by molar-refractivity contribution is 7.92. The summed E-state index contributed by atoms with van der Waals surface area (Å²) in [6.45, 7) is 2.64. The van der Waals surface area contributed by atoms with Gasteiger partial charge in [0.15, 0.2) is 0 Å². The molecular weight excluding hydrogens is 446 g/mol. The van der Waals surface area contributed by atoms with Gasteiger partial charge in [-0.05, 0) is 58.5 Å². The third kappa shape index (κ3) is 5.59. The van der Waals surface area contributed by atoms with Crippen LogP contribution in [0.3, 0.4) is 0 Å². The number of ether oxygens (including phenoxy) is 1. The van der Waals surface area contributed by atoms with Crippen molar-refractivity contribution in [2.24, 2.45) is 0 Å². The summed E-state index contributed by atoms with van der Waals surface area (Å²) in [5, 5.41) is 0.